The van der Waals surface area contributed by atoms with Crippen molar-refractivity contribution >= 4 is 33.4 Å². The fraction of sp³-hybridized carbons (Fsp3) is 0.194. The van der Waals surface area contributed by atoms with Gasteiger partial charge < -0.3 is 15.0 Å². The van der Waals surface area contributed by atoms with E-state index in [0.29, 0.717) is 35.6 Å². The summed E-state index contributed by atoms with van der Waals surface area (Å²) in [6.07, 6.45) is 0. The van der Waals surface area contributed by atoms with Crippen LogP contribution in [-0.4, -0.2) is 33.6 Å². The largest absolute Gasteiger partial charge is 0.494 e. The van der Waals surface area contributed by atoms with Crippen molar-refractivity contribution in [3.8, 4) is 11.4 Å². The molecule has 1 N–H and O–H groups in total. The average Bonchev–Trinajstić information content (AvgIpc) is 2.94. The fourth-order valence-electron chi connectivity index (χ4n) is 4.79. The Hall–Kier alpha value is -4.65. The molecule has 0 spiro atoms. The van der Waals surface area contributed by atoms with Gasteiger partial charge in [0.15, 0.2) is 0 Å². The average molecular weight is 507 g/mol. The van der Waals surface area contributed by atoms with Crippen LogP contribution in [0, 0.1) is 0 Å². The molecule has 0 saturated heterocycles. The second-order valence-corrected chi connectivity index (χ2v) is 8.97. The minimum absolute atomic E-state index is 0.188. The van der Waals surface area contributed by atoms with Crippen LogP contribution in [0.25, 0.3) is 27.4 Å². The first-order valence-electron chi connectivity index (χ1n) is 12.8. The second-order valence-electron chi connectivity index (χ2n) is 8.97. The number of amides is 2. The summed E-state index contributed by atoms with van der Waals surface area (Å²) in [5, 5.41) is 5.59. The first-order chi connectivity index (χ1) is 18.5. The molecule has 0 saturated carbocycles. The van der Waals surface area contributed by atoms with Crippen LogP contribution in [0.5, 0.6) is 5.75 Å². The zero-order valence-electron chi connectivity index (χ0n) is 21.7. The maximum Gasteiger partial charge on any atom is 0.322 e. The third kappa shape index (κ3) is 4.70. The third-order valence-corrected chi connectivity index (χ3v) is 6.68. The van der Waals surface area contributed by atoms with Gasteiger partial charge in [0.1, 0.15) is 11.6 Å². The minimum atomic E-state index is -0.501. The molecule has 4 aromatic carbocycles. The molecular weight excluding hydrogens is 476 g/mol. The highest BCUT2D eigenvalue weighted by atomic mass is 16.5. The molecular formula is C31H30N4O3. The molecule has 1 heterocycles. The first-order valence-corrected chi connectivity index (χ1v) is 12.8. The lowest BCUT2D eigenvalue weighted by Crippen LogP contribution is -2.39. The number of ether oxygens (including phenoxy) is 1. The van der Waals surface area contributed by atoms with E-state index in [4.69, 9.17) is 9.72 Å². The Bertz CT molecular complexity index is 1660. The lowest BCUT2D eigenvalue weighted by atomic mass is 10.1. The van der Waals surface area contributed by atoms with Gasteiger partial charge in [-0.3, -0.25) is 9.36 Å². The molecule has 5 aromatic rings. The molecule has 0 aliphatic carbocycles. The summed E-state index contributed by atoms with van der Waals surface area (Å²) in [6.45, 7) is 6.71. The van der Waals surface area contributed by atoms with Crippen LogP contribution < -0.4 is 15.6 Å². The summed E-state index contributed by atoms with van der Waals surface area (Å²) in [7, 11) is 0. The predicted molar refractivity (Wildman–Crippen MR) is 152 cm³/mol. The topological polar surface area (TPSA) is 76.5 Å². The SMILES string of the molecule is CCOc1ccc(-n2c(C(C)N(CC)C(=O)Nc3cccc4ccccc34)nc3ccccc3c2=O)cc1. The number of benzene rings is 4. The normalized spacial score (nSPS) is 11.9. The van der Waals surface area contributed by atoms with Crippen molar-refractivity contribution in [2.45, 2.75) is 26.8 Å². The smallest absolute Gasteiger partial charge is 0.322 e. The van der Waals surface area contributed by atoms with E-state index in [-0.39, 0.29) is 11.6 Å². The van der Waals surface area contributed by atoms with E-state index in [1.165, 1.54) is 0 Å². The molecule has 192 valence electrons. The van der Waals surface area contributed by atoms with E-state index in [2.05, 4.69) is 5.32 Å². The highest BCUT2D eigenvalue weighted by molar-refractivity contribution is 6.01. The number of nitrogens with zero attached hydrogens (tertiary/aromatic N) is 3. The monoisotopic (exact) mass is 506 g/mol. The lowest BCUT2D eigenvalue weighted by Gasteiger charge is -2.30. The number of rotatable bonds is 7. The zero-order valence-corrected chi connectivity index (χ0v) is 21.7. The van der Waals surface area contributed by atoms with Gasteiger partial charge in [-0.15, -0.1) is 0 Å². The Morgan fingerprint density at radius 1 is 0.921 bits per heavy atom. The maximum atomic E-state index is 13.8. The molecule has 0 fully saturated rings. The highest BCUT2D eigenvalue weighted by Gasteiger charge is 2.26. The molecule has 38 heavy (non-hydrogen) atoms. The van der Waals surface area contributed by atoms with Gasteiger partial charge in [-0.2, -0.15) is 0 Å². The highest BCUT2D eigenvalue weighted by Crippen LogP contribution is 2.27. The summed E-state index contributed by atoms with van der Waals surface area (Å²) in [6, 6.07) is 27.6. The number of hydrogen-bond donors (Lipinski definition) is 1. The van der Waals surface area contributed by atoms with Crippen molar-refractivity contribution in [2.24, 2.45) is 0 Å². The number of urea groups is 1. The predicted octanol–water partition coefficient (Wildman–Crippen LogP) is 6.55. The first kappa shape index (κ1) is 25.0. The van der Waals surface area contributed by atoms with Crippen LogP contribution >= 0.6 is 0 Å². The molecule has 0 aliphatic heterocycles. The summed E-state index contributed by atoms with van der Waals surface area (Å²) < 4.78 is 7.18. The Balaban J connectivity index is 1.57. The van der Waals surface area contributed by atoms with Gasteiger partial charge in [-0.05, 0) is 68.6 Å². The summed E-state index contributed by atoms with van der Waals surface area (Å²) in [4.78, 5) is 33.9. The molecule has 1 atom stereocenters. The van der Waals surface area contributed by atoms with Crippen LogP contribution in [0.15, 0.2) is 95.8 Å². The van der Waals surface area contributed by atoms with E-state index in [1.54, 1.807) is 15.5 Å². The Kier molecular flexibility index (Phi) is 7.09. The molecule has 7 heteroatoms. The van der Waals surface area contributed by atoms with Gasteiger partial charge in [0, 0.05) is 11.9 Å². The quantitative estimate of drug-likeness (QED) is 0.271. The summed E-state index contributed by atoms with van der Waals surface area (Å²) in [5.41, 5.74) is 1.79. The van der Waals surface area contributed by atoms with Gasteiger partial charge in [-0.25, -0.2) is 9.78 Å². The number of aromatic nitrogens is 2. The van der Waals surface area contributed by atoms with E-state index in [1.807, 2.05) is 106 Å². The van der Waals surface area contributed by atoms with Gasteiger partial charge in [0.25, 0.3) is 5.56 Å². The van der Waals surface area contributed by atoms with Crippen LogP contribution in [0.3, 0.4) is 0 Å². The van der Waals surface area contributed by atoms with Gasteiger partial charge in [-0.1, -0.05) is 48.5 Å². The molecule has 2 amide bonds. The van der Waals surface area contributed by atoms with E-state index < -0.39 is 6.04 Å². The molecule has 0 aliphatic rings. The minimum Gasteiger partial charge on any atom is -0.494 e. The maximum absolute atomic E-state index is 13.8. The molecule has 0 radical (unpaired) electrons. The number of para-hydroxylation sites is 1. The summed E-state index contributed by atoms with van der Waals surface area (Å²) >= 11 is 0. The van der Waals surface area contributed by atoms with Crippen molar-refractivity contribution in [3.63, 3.8) is 0 Å². The summed E-state index contributed by atoms with van der Waals surface area (Å²) in [5.74, 6) is 1.20. The third-order valence-electron chi connectivity index (χ3n) is 6.68. The zero-order chi connectivity index (χ0) is 26.6. The Labute approximate surface area is 221 Å². The molecule has 1 unspecified atom stereocenters. The van der Waals surface area contributed by atoms with Crippen molar-refractivity contribution in [1.82, 2.24) is 14.5 Å². The number of hydrogen-bond acceptors (Lipinski definition) is 4. The van der Waals surface area contributed by atoms with Crippen LogP contribution in [0.2, 0.25) is 0 Å². The number of fused-ring (bicyclic) bond motifs is 2. The Morgan fingerprint density at radius 2 is 1.61 bits per heavy atom. The van der Waals surface area contributed by atoms with Gasteiger partial charge in [0.2, 0.25) is 0 Å². The number of nitrogens with one attached hydrogen (secondary N) is 1. The van der Waals surface area contributed by atoms with Crippen molar-refractivity contribution in [2.75, 3.05) is 18.5 Å². The van der Waals surface area contributed by atoms with Crippen molar-refractivity contribution in [1.29, 1.82) is 0 Å². The van der Waals surface area contributed by atoms with Gasteiger partial charge in [0.05, 0.1) is 34.9 Å². The number of anilines is 1. The van der Waals surface area contributed by atoms with Crippen molar-refractivity contribution in [3.05, 3.63) is 107 Å². The number of carbonyl (C=O) groups excluding carboxylic acids is 1. The molecule has 0 bridgehead atoms. The Morgan fingerprint density at radius 3 is 2.34 bits per heavy atom. The van der Waals surface area contributed by atoms with E-state index in [9.17, 15) is 9.59 Å². The number of carbonyl (C=O) groups is 1. The molecule has 7 nitrogen and oxygen atoms in total. The van der Waals surface area contributed by atoms with Gasteiger partial charge >= 0.3 is 6.03 Å². The molecule has 5 rings (SSSR count). The van der Waals surface area contributed by atoms with Crippen LogP contribution in [-0.2, 0) is 0 Å². The fourth-order valence-corrected chi connectivity index (χ4v) is 4.79. The second kappa shape index (κ2) is 10.8. The van der Waals surface area contributed by atoms with Crippen LogP contribution in [0.1, 0.15) is 32.6 Å². The van der Waals surface area contributed by atoms with Crippen LogP contribution in [0.4, 0.5) is 10.5 Å². The van der Waals surface area contributed by atoms with Crippen molar-refractivity contribution < 1.29 is 9.53 Å². The van der Waals surface area contributed by atoms with E-state index >= 15 is 0 Å². The molecule has 1 aromatic heterocycles. The lowest BCUT2D eigenvalue weighted by molar-refractivity contribution is 0.193. The standard InChI is InChI=1S/C31H30N4O3/c1-4-34(31(37)33-27-16-10-12-22-11-6-7-13-25(22)27)21(3)29-32-28-15-9-8-14-26(28)30(36)35(29)23-17-19-24(20-18-23)38-5-2/h6-21H,4-5H2,1-3H3,(H,33,37). The van der Waals surface area contributed by atoms with E-state index in [0.717, 1.165) is 22.2 Å².